The van der Waals surface area contributed by atoms with Gasteiger partial charge in [0.05, 0.1) is 23.7 Å². The van der Waals surface area contributed by atoms with Gasteiger partial charge in [0, 0.05) is 34.9 Å². The summed E-state index contributed by atoms with van der Waals surface area (Å²) < 4.78 is 0. The summed E-state index contributed by atoms with van der Waals surface area (Å²) >= 11 is 0. The molecule has 226 valence electrons. The largest absolute Gasteiger partial charge is 0.481 e. The van der Waals surface area contributed by atoms with Crippen molar-refractivity contribution in [2.75, 3.05) is 6.54 Å². The Morgan fingerprint density at radius 3 is 2.14 bits per heavy atom. The lowest BCUT2D eigenvalue weighted by Gasteiger charge is -2.04. The third-order valence-electron chi connectivity index (χ3n) is 8.53. The van der Waals surface area contributed by atoms with Gasteiger partial charge in [0.1, 0.15) is 0 Å². The van der Waals surface area contributed by atoms with E-state index in [1.165, 1.54) is 16.7 Å². The predicted molar refractivity (Wildman–Crippen MR) is 174 cm³/mol. The van der Waals surface area contributed by atoms with E-state index in [-0.39, 0.29) is 12.8 Å². The molecule has 4 N–H and O–H groups in total. The Morgan fingerprint density at radius 1 is 0.814 bits per heavy atom. The normalized spacial score (nSPS) is 17.0. The van der Waals surface area contributed by atoms with Crippen LogP contribution in [-0.2, 0) is 22.4 Å². The van der Waals surface area contributed by atoms with Crippen molar-refractivity contribution in [1.82, 2.24) is 9.97 Å². The molecular weight excluding hydrogens is 540 g/mol. The molecule has 0 spiro atoms. The minimum absolute atomic E-state index is 0.00559. The number of allylic oxidation sites excluding steroid dienone is 4. The van der Waals surface area contributed by atoms with E-state index in [1.54, 1.807) is 6.08 Å². The summed E-state index contributed by atoms with van der Waals surface area (Å²) in [5.74, 6) is -1.70. The van der Waals surface area contributed by atoms with Crippen molar-refractivity contribution in [3.8, 4) is 0 Å². The molecule has 8 heteroatoms. The number of carbonyl (C=O) groups is 2. The Bertz CT molecular complexity index is 1770. The van der Waals surface area contributed by atoms with Gasteiger partial charge >= 0.3 is 11.9 Å². The van der Waals surface area contributed by atoms with E-state index in [1.807, 2.05) is 19.9 Å². The van der Waals surface area contributed by atoms with Crippen molar-refractivity contribution < 1.29 is 19.8 Å². The number of carboxylic acid groups (broad SMARTS) is 2. The number of aromatic amines is 2. The number of aliphatic carboxylic acids is 2. The van der Waals surface area contributed by atoms with Crippen LogP contribution in [-0.4, -0.2) is 50.1 Å². The number of aliphatic imine (C=N–C) groups is 2. The minimum atomic E-state index is -0.857. The molecule has 2 aromatic rings. The first-order valence-corrected chi connectivity index (χ1v) is 14.9. The molecule has 0 aromatic carbocycles. The summed E-state index contributed by atoms with van der Waals surface area (Å²) in [5, 5.41) is 20.4. The monoisotopic (exact) mass is 582 g/mol. The molecule has 2 aliphatic heterocycles. The maximum Gasteiger partial charge on any atom is 0.303 e. The Labute approximate surface area is 252 Å². The van der Waals surface area contributed by atoms with Gasteiger partial charge in [-0.2, -0.15) is 0 Å². The highest BCUT2D eigenvalue weighted by Gasteiger charge is 2.20. The molecule has 0 saturated heterocycles. The number of H-pyrrole nitrogens is 2. The second-order valence-electron chi connectivity index (χ2n) is 11.2. The second kappa shape index (κ2) is 13.2. The Kier molecular flexibility index (Phi) is 9.69. The summed E-state index contributed by atoms with van der Waals surface area (Å²) in [4.78, 5) is 39.4. The van der Waals surface area contributed by atoms with Crippen LogP contribution < -0.4 is 10.7 Å². The topological polar surface area (TPSA) is 131 Å². The Balaban J connectivity index is 1.83. The molecule has 0 atom stereocenters. The van der Waals surface area contributed by atoms with Gasteiger partial charge in [0.25, 0.3) is 0 Å². The van der Waals surface area contributed by atoms with Crippen molar-refractivity contribution in [3.05, 3.63) is 85.0 Å². The first kappa shape index (κ1) is 31.5. The molecule has 0 saturated carbocycles. The van der Waals surface area contributed by atoms with Gasteiger partial charge < -0.3 is 20.2 Å². The van der Waals surface area contributed by atoms with Crippen LogP contribution in [0.4, 0.5) is 0 Å². The first-order chi connectivity index (χ1) is 20.5. The minimum Gasteiger partial charge on any atom is -0.481 e. The zero-order chi connectivity index (χ0) is 31.4. The number of aromatic nitrogens is 2. The number of hydrogen-bond donors (Lipinski definition) is 4. The zero-order valence-electron chi connectivity index (χ0n) is 26.1. The molecule has 4 rings (SSSR count). The van der Waals surface area contributed by atoms with Crippen LogP contribution in [0.1, 0.15) is 87.0 Å². The van der Waals surface area contributed by atoms with Crippen molar-refractivity contribution in [1.29, 1.82) is 0 Å². The molecule has 0 unspecified atom stereocenters. The highest BCUT2D eigenvalue weighted by molar-refractivity contribution is 6.22. The number of nitrogens with zero attached hydrogens (tertiary/aromatic N) is 2. The van der Waals surface area contributed by atoms with Crippen LogP contribution in [0, 0.1) is 13.8 Å². The average molecular weight is 583 g/mol. The lowest BCUT2D eigenvalue weighted by molar-refractivity contribution is -0.137. The fraction of sp³-hybridized carbons (Fsp3) is 0.371. The highest BCUT2D eigenvalue weighted by atomic mass is 16.4. The molecule has 43 heavy (non-hydrogen) atoms. The number of hydrogen-bond acceptors (Lipinski definition) is 4. The van der Waals surface area contributed by atoms with Crippen LogP contribution in [0.5, 0.6) is 0 Å². The summed E-state index contributed by atoms with van der Waals surface area (Å²) in [6, 6.07) is 0. The quantitative estimate of drug-likeness (QED) is 0.263. The van der Waals surface area contributed by atoms with Gasteiger partial charge in [-0.1, -0.05) is 20.4 Å². The smallest absolute Gasteiger partial charge is 0.303 e. The lowest BCUT2D eigenvalue weighted by atomic mass is 10.00. The van der Waals surface area contributed by atoms with Crippen LogP contribution in [0.25, 0.3) is 18.2 Å². The SMILES string of the molecule is C=CC1=N/C(=C\c2[nH]c(/C=c3\[nH]/c(=C\C4=NCC(C)=C4CCC(=O)O)c(CCC(=O)O)c3C)c(CC)c2C)C(CC)=C1C. The molecule has 0 radical (unpaired) electrons. The van der Waals surface area contributed by atoms with Gasteiger partial charge in [-0.05, 0) is 122 Å². The van der Waals surface area contributed by atoms with E-state index < -0.39 is 11.9 Å². The molecule has 0 fully saturated rings. The van der Waals surface area contributed by atoms with E-state index in [0.29, 0.717) is 19.4 Å². The summed E-state index contributed by atoms with van der Waals surface area (Å²) in [5.41, 5.74) is 13.3. The maximum absolute atomic E-state index is 11.5. The lowest BCUT2D eigenvalue weighted by Crippen LogP contribution is -2.16. The van der Waals surface area contributed by atoms with Crippen molar-refractivity contribution in [2.24, 2.45) is 9.98 Å². The van der Waals surface area contributed by atoms with Crippen LogP contribution >= 0.6 is 0 Å². The zero-order valence-corrected chi connectivity index (χ0v) is 26.1. The van der Waals surface area contributed by atoms with Gasteiger partial charge in [0.2, 0.25) is 0 Å². The molecule has 0 bridgehead atoms. The van der Waals surface area contributed by atoms with Crippen molar-refractivity contribution in [2.45, 2.75) is 80.1 Å². The van der Waals surface area contributed by atoms with E-state index in [0.717, 1.165) is 79.9 Å². The number of carboxylic acids is 2. The number of nitrogens with one attached hydrogen (secondary N) is 2. The molecule has 2 aliphatic rings. The fourth-order valence-corrected chi connectivity index (χ4v) is 6.03. The third-order valence-corrected chi connectivity index (χ3v) is 8.53. The fourth-order valence-electron chi connectivity index (χ4n) is 6.03. The number of rotatable bonds is 12. The third kappa shape index (κ3) is 6.63. The summed E-state index contributed by atoms with van der Waals surface area (Å²) in [6.45, 7) is 16.9. The van der Waals surface area contributed by atoms with Gasteiger partial charge in [-0.15, -0.1) is 0 Å². The summed E-state index contributed by atoms with van der Waals surface area (Å²) in [6.07, 6.45) is 10.5. The van der Waals surface area contributed by atoms with E-state index in [9.17, 15) is 19.8 Å². The molecular formula is C35H42N4O4. The van der Waals surface area contributed by atoms with E-state index in [4.69, 9.17) is 4.99 Å². The van der Waals surface area contributed by atoms with Gasteiger partial charge in [0.15, 0.2) is 0 Å². The second-order valence-corrected chi connectivity index (χ2v) is 11.2. The molecule has 2 aromatic heterocycles. The first-order valence-electron chi connectivity index (χ1n) is 14.9. The van der Waals surface area contributed by atoms with Gasteiger partial charge in [-0.3, -0.25) is 14.6 Å². The van der Waals surface area contributed by atoms with Crippen molar-refractivity contribution in [3.63, 3.8) is 0 Å². The van der Waals surface area contributed by atoms with Crippen LogP contribution in [0.15, 0.2) is 50.6 Å². The summed E-state index contributed by atoms with van der Waals surface area (Å²) in [7, 11) is 0. The average Bonchev–Trinajstić information content (AvgIpc) is 3.65. The molecule has 4 heterocycles. The van der Waals surface area contributed by atoms with E-state index >= 15 is 0 Å². The van der Waals surface area contributed by atoms with E-state index in [2.05, 4.69) is 61.4 Å². The molecule has 0 amide bonds. The highest BCUT2D eigenvalue weighted by Crippen LogP contribution is 2.31. The Hall–Kier alpha value is -4.46. The molecule has 8 nitrogen and oxygen atoms in total. The maximum atomic E-state index is 11.5. The Morgan fingerprint density at radius 2 is 1.51 bits per heavy atom. The van der Waals surface area contributed by atoms with Crippen LogP contribution in [0.2, 0.25) is 0 Å². The van der Waals surface area contributed by atoms with Crippen molar-refractivity contribution >= 4 is 41.6 Å². The van der Waals surface area contributed by atoms with Gasteiger partial charge in [-0.25, -0.2) is 4.99 Å². The van der Waals surface area contributed by atoms with Crippen LogP contribution in [0.3, 0.4) is 0 Å². The standard InChI is InChI=1S/C35H42N4O4/c1-8-23-20(5)27(10-3)37-31(23)15-28-21(6)24(9-2)32(38-28)16-29-22(7)26(12-14-35(42)43)33(39-29)17-30-25(11-13-34(40)41)19(4)18-36-30/h10,15-17,38-39H,3,8-9,11-14,18H2,1-2,4-7H3,(H,40,41)(H,42,43)/b29-16-,31-15-,33-17-. The molecule has 0 aliphatic carbocycles. The predicted octanol–water partition coefficient (Wildman–Crippen LogP) is 5.49.